The second kappa shape index (κ2) is 7.61. The summed E-state index contributed by atoms with van der Waals surface area (Å²) in [5.41, 5.74) is -1.05. The van der Waals surface area contributed by atoms with E-state index in [0.717, 1.165) is 35.2 Å². The van der Waals surface area contributed by atoms with E-state index in [1.807, 2.05) is 0 Å². The van der Waals surface area contributed by atoms with Gasteiger partial charge in [-0.05, 0) is 31.0 Å². The second-order valence-electron chi connectivity index (χ2n) is 5.68. The van der Waals surface area contributed by atoms with E-state index >= 15 is 0 Å². The summed E-state index contributed by atoms with van der Waals surface area (Å²) in [6.07, 6.45) is -2.87. The number of sulfonamides is 1. The van der Waals surface area contributed by atoms with Crippen molar-refractivity contribution in [3.05, 3.63) is 29.8 Å². The monoisotopic (exact) mass is 380 g/mol. The van der Waals surface area contributed by atoms with Crippen LogP contribution in [0.1, 0.15) is 18.4 Å². The van der Waals surface area contributed by atoms with Crippen molar-refractivity contribution >= 4 is 21.6 Å². The number of hydrogen-bond acceptors (Lipinski definition) is 4. The fraction of sp³-hybridized carbons (Fsp3) is 0.533. The first-order chi connectivity index (χ1) is 11.6. The molecule has 2 rings (SSSR count). The van der Waals surface area contributed by atoms with E-state index in [1.54, 1.807) is 0 Å². The van der Waals surface area contributed by atoms with E-state index in [0.29, 0.717) is 13.0 Å². The Kier molecular flexibility index (Phi) is 5.94. The van der Waals surface area contributed by atoms with Crippen LogP contribution in [0.4, 0.5) is 18.9 Å². The zero-order chi connectivity index (χ0) is 18.7. The highest BCUT2D eigenvalue weighted by atomic mass is 32.2. The summed E-state index contributed by atoms with van der Waals surface area (Å²) in [6.45, 7) is 0.276. The molecule has 0 saturated carbocycles. The van der Waals surface area contributed by atoms with Gasteiger partial charge in [-0.15, -0.1) is 0 Å². The van der Waals surface area contributed by atoms with E-state index in [1.165, 1.54) is 6.07 Å². The molecule has 0 aliphatic carbocycles. The SMILES string of the molecule is CS(=O)(=O)N(CCNC(=O)C1CCCO1)c1cccc(C(F)(F)F)c1. The molecule has 1 unspecified atom stereocenters. The Morgan fingerprint density at radius 2 is 2.12 bits per heavy atom. The molecule has 6 nitrogen and oxygen atoms in total. The average Bonchev–Trinajstić information content (AvgIpc) is 3.04. The van der Waals surface area contributed by atoms with Crippen molar-refractivity contribution in [3.63, 3.8) is 0 Å². The van der Waals surface area contributed by atoms with Gasteiger partial charge in [0.05, 0.1) is 24.1 Å². The molecule has 1 atom stereocenters. The molecule has 1 fully saturated rings. The van der Waals surface area contributed by atoms with Crippen molar-refractivity contribution in [2.75, 3.05) is 30.3 Å². The van der Waals surface area contributed by atoms with Gasteiger partial charge in [-0.2, -0.15) is 13.2 Å². The number of halogens is 3. The third kappa shape index (κ3) is 5.33. The van der Waals surface area contributed by atoms with Gasteiger partial charge in [0.2, 0.25) is 15.9 Å². The van der Waals surface area contributed by atoms with Crippen LogP contribution in [0.15, 0.2) is 24.3 Å². The van der Waals surface area contributed by atoms with E-state index in [2.05, 4.69) is 5.32 Å². The van der Waals surface area contributed by atoms with Crippen LogP contribution in [0.25, 0.3) is 0 Å². The van der Waals surface area contributed by atoms with Gasteiger partial charge in [0.15, 0.2) is 0 Å². The topological polar surface area (TPSA) is 75.7 Å². The highest BCUT2D eigenvalue weighted by molar-refractivity contribution is 7.92. The molecule has 0 aromatic heterocycles. The number of amides is 1. The third-order valence-electron chi connectivity index (χ3n) is 3.70. The summed E-state index contributed by atoms with van der Waals surface area (Å²) < 4.78 is 68.4. The Balaban J connectivity index is 2.08. The minimum Gasteiger partial charge on any atom is -0.368 e. The fourth-order valence-corrected chi connectivity index (χ4v) is 3.42. The maximum atomic E-state index is 12.8. The summed E-state index contributed by atoms with van der Waals surface area (Å²) in [5.74, 6) is -0.352. The van der Waals surface area contributed by atoms with Crippen LogP contribution in [0.3, 0.4) is 0 Å². The average molecular weight is 380 g/mol. The number of alkyl halides is 3. The van der Waals surface area contributed by atoms with Gasteiger partial charge in [0.25, 0.3) is 0 Å². The van der Waals surface area contributed by atoms with Crippen molar-refractivity contribution in [1.29, 1.82) is 0 Å². The summed E-state index contributed by atoms with van der Waals surface area (Å²) in [4.78, 5) is 11.8. The lowest BCUT2D eigenvalue weighted by Crippen LogP contribution is -2.41. The Labute approximate surface area is 144 Å². The van der Waals surface area contributed by atoms with E-state index in [-0.39, 0.29) is 24.7 Å². The van der Waals surface area contributed by atoms with Gasteiger partial charge < -0.3 is 10.1 Å². The zero-order valence-electron chi connectivity index (χ0n) is 13.5. The van der Waals surface area contributed by atoms with Gasteiger partial charge in [0, 0.05) is 13.2 Å². The molecule has 1 amide bonds. The summed E-state index contributed by atoms with van der Waals surface area (Å²) >= 11 is 0. The summed E-state index contributed by atoms with van der Waals surface area (Å²) in [5, 5.41) is 2.55. The maximum absolute atomic E-state index is 12.8. The molecule has 1 aliphatic heterocycles. The molecular weight excluding hydrogens is 361 g/mol. The van der Waals surface area contributed by atoms with Crippen LogP contribution in [-0.2, 0) is 25.7 Å². The smallest absolute Gasteiger partial charge is 0.368 e. The van der Waals surface area contributed by atoms with Crippen molar-refractivity contribution in [1.82, 2.24) is 5.32 Å². The predicted octanol–water partition coefficient (Wildman–Crippen LogP) is 1.77. The van der Waals surface area contributed by atoms with Crippen LogP contribution in [0, 0.1) is 0 Å². The number of carbonyl (C=O) groups is 1. The Morgan fingerprint density at radius 3 is 2.68 bits per heavy atom. The number of ether oxygens (including phenoxy) is 1. The molecule has 1 aromatic carbocycles. The molecule has 1 aliphatic rings. The van der Waals surface area contributed by atoms with Crippen LogP contribution in [-0.4, -0.2) is 46.4 Å². The molecule has 25 heavy (non-hydrogen) atoms. The highest BCUT2D eigenvalue weighted by Crippen LogP contribution is 2.32. The molecule has 140 valence electrons. The molecule has 1 aromatic rings. The lowest BCUT2D eigenvalue weighted by molar-refractivity contribution is -0.137. The Bertz CT molecular complexity index is 716. The molecular formula is C15H19F3N2O4S. The molecule has 1 heterocycles. The maximum Gasteiger partial charge on any atom is 0.416 e. The molecule has 0 bridgehead atoms. The van der Waals surface area contributed by atoms with Crippen molar-refractivity contribution in [2.45, 2.75) is 25.1 Å². The number of rotatable bonds is 6. The van der Waals surface area contributed by atoms with Gasteiger partial charge >= 0.3 is 6.18 Å². The number of benzene rings is 1. The van der Waals surface area contributed by atoms with E-state index in [4.69, 9.17) is 4.74 Å². The Morgan fingerprint density at radius 1 is 1.40 bits per heavy atom. The van der Waals surface area contributed by atoms with Gasteiger partial charge in [-0.25, -0.2) is 8.42 Å². The summed E-state index contributed by atoms with van der Waals surface area (Å²) in [7, 11) is -3.81. The summed E-state index contributed by atoms with van der Waals surface area (Å²) in [6, 6.07) is 4.05. The van der Waals surface area contributed by atoms with Crippen LogP contribution < -0.4 is 9.62 Å². The quantitative estimate of drug-likeness (QED) is 0.816. The molecule has 1 saturated heterocycles. The number of anilines is 1. The predicted molar refractivity (Wildman–Crippen MR) is 85.6 cm³/mol. The first kappa shape index (κ1) is 19.5. The second-order valence-corrected chi connectivity index (χ2v) is 7.58. The Hall–Kier alpha value is -1.81. The van der Waals surface area contributed by atoms with Crippen LogP contribution in [0.2, 0.25) is 0 Å². The van der Waals surface area contributed by atoms with Crippen molar-refractivity contribution in [2.24, 2.45) is 0 Å². The van der Waals surface area contributed by atoms with E-state index in [9.17, 15) is 26.4 Å². The third-order valence-corrected chi connectivity index (χ3v) is 4.89. The lowest BCUT2D eigenvalue weighted by Gasteiger charge is -2.23. The molecule has 1 N–H and O–H groups in total. The zero-order valence-corrected chi connectivity index (χ0v) is 14.4. The first-order valence-corrected chi connectivity index (χ1v) is 9.48. The minimum absolute atomic E-state index is 0.0397. The van der Waals surface area contributed by atoms with Gasteiger partial charge in [-0.3, -0.25) is 9.10 Å². The molecule has 0 spiro atoms. The molecule has 10 heteroatoms. The largest absolute Gasteiger partial charge is 0.416 e. The number of nitrogens with zero attached hydrogens (tertiary/aromatic N) is 1. The lowest BCUT2D eigenvalue weighted by atomic mass is 10.2. The normalized spacial score (nSPS) is 18.2. The number of carbonyl (C=O) groups excluding carboxylic acids is 1. The highest BCUT2D eigenvalue weighted by Gasteiger charge is 2.31. The number of nitrogens with one attached hydrogen (secondary N) is 1. The fourth-order valence-electron chi connectivity index (χ4n) is 2.50. The van der Waals surface area contributed by atoms with Gasteiger partial charge in [0.1, 0.15) is 6.10 Å². The minimum atomic E-state index is -4.58. The van der Waals surface area contributed by atoms with Crippen molar-refractivity contribution < 1.29 is 31.1 Å². The molecule has 0 radical (unpaired) electrons. The standard InChI is InChI=1S/C15H19F3N2O4S/c1-25(22,23)20(8-7-19-14(21)13-6-3-9-24-13)12-5-2-4-11(10-12)15(16,17)18/h2,4-5,10,13H,3,6-9H2,1H3,(H,19,21). The number of hydrogen-bond donors (Lipinski definition) is 1. The van der Waals surface area contributed by atoms with Crippen LogP contribution in [0.5, 0.6) is 0 Å². The van der Waals surface area contributed by atoms with Gasteiger partial charge in [-0.1, -0.05) is 6.07 Å². The van der Waals surface area contributed by atoms with Crippen molar-refractivity contribution in [3.8, 4) is 0 Å². The first-order valence-electron chi connectivity index (χ1n) is 7.63. The van der Waals surface area contributed by atoms with Crippen LogP contribution >= 0.6 is 0 Å². The van der Waals surface area contributed by atoms with E-state index < -0.39 is 27.9 Å².